The molecular weight excluding hydrogens is 256 g/mol. The molecule has 0 aliphatic rings. The smallest absolute Gasteiger partial charge is 0.269 e. The molecule has 20 heavy (non-hydrogen) atoms. The molecule has 0 atom stereocenters. The maximum absolute atomic E-state index is 12.0. The van der Waals surface area contributed by atoms with Gasteiger partial charge in [-0.05, 0) is 24.3 Å². The molecule has 0 aliphatic carbocycles. The predicted molar refractivity (Wildman–Crippen MR) is 76.4 cm³/mol. The highest BCUT2D eigenvalue weighted by Gasteiger charge is 2.10. The molecule has 102 valence electrons. The van der Waals surface area contributed by atoms with E-state index < -0.39 is 0 Å². The maximum atomic E-state index is 12.0. The molecular formula is C14H14N4O2. The lowest BCUT2D eigenvalue weighted by Gasteiger charge is -2.07. The highest BCUT2D eigenvalue weighted by Crippen LogP contribution is 2.17. The number of nitrogen functional groups attached to an aromatic ring is 1. The summed E-state index contributed by atoms with van der Waals surface area (Å²) in [5.74, 6) is -0.636. The Morgan fingerprint density at radius 3 is 2.45 bits per heavy atom. The van der Waals surface area contributed by atoms with E-state index in [1.54, 1.807) is 24.3 Å². The molecule has 0 fully saturated rings. The second-order valence-corrected chi connectivity index (χ2v) is 4.05. The Morgan fingerprint density at radius 1 is 1.10 bits per heavy atom. The number of carbonyl (C=O) groups excluding carboxylic acids is 2. The van der Waals surface area contributed by atoms with E-state index in [4.69, 9.17) is 5.73 Å². The van der Waals surface area contributed by atoms with Crippen LogP contribution < -0.4 is 16.4 Å². The first kappa shape index (κ1) is 13.5. The van der Waals surface area contributed by atoms with Crippen LogP contribution in [0.4, 0.5) is 11.4 Å². The number of hydrogen-bond acceptors (Lipinski definition) is 4. The number of pyridine rings is 1. The van der Waals surface area contributed by atoms with Crippen molar-refractivity contribution >= 4 is 23.2 Å². The Kier molecular flexibility index (Phi) is 3.95. The summed E-state index contributed by atoms with van der Waals surface area (Å²) in [5.41, 5.74) is 7.36. The Bertz CT molecular complexity index is 638. The molecule has 4 N–H and O–H groups in total. The van der Waals surface area contributed by atoms with E-state index in [9.17, 15) is 9.59 Å². The SMILES string of the molecule is CNC(=O)c1ccc(C(=O)Nc2ccccc2N)cn1. The summed E-state index contributed by atoms with van der Waals surface area (Å²) in [5, 5.41) is 5.14. The van der Waals surface area contributed by atoms with Gasteiger partial charge in [-0.1, -0.05) is 12.1 Å². The van der Waals surface area contributed by atoms with Crippen LogP contribution in [0.2, 0.25) is 0 Å². The van der Waals surface area contributed by atoms with Gasteiger partial charge in [-0.25, -0.2) is 0 Å². The molecule has 0 saturated heterocycles. The van der Waals surface area contributed by atoms with Crippen LogP contribution >= 0.6 is 0 Å². The molecule has 2 amide bonds. The van der Waals surface area contributed by atoms with Crippen molar-refractivity contribution in [3.05, 3.63) is 53.9 Å². The van der Waals surface area contributed by atoms with Crippen LogP contribution in [-0.4, -0.2) is 23.8 Å². The molecule has 0 saturated carbocycles. The normalized spacial score (nSPS) is 9.85. The van der Waals surface area contributed by atoms with Crippen LogP contribution in [0.1, 0.15) is 20.8 Å². The van der Waals surface area contributed by atoms with Crippen LogP contribution in [0.15, 0.2) is 42.6 Å². The minimum absolute atomic E-state index is 0.253. The van der Waals surface area contributed by atoms with Crippen molar-refractivity contribution in [2.75, 3.05) is 18.1 Å². The van der Waals surface area contributed by atoms with Crippen molar-refractivity contribution in [2.24, 2.45) is 0 Å². The first-order valence-corrected chi connectivity index (χ1v) is 5.96. The molecule has 2 rings (SSSR count). The number of nitrogens with two attached hydrogens (primary N) is 1. The number of amides is 2. The zero-order valence-electron chi connectivity index (χ0n) is 10.9. The molecule has 6 heteroatoms. The van der Waals surface area contributed by atoms with Crippen LogP contribution in [0.3, 0.4) is 0 Å². The number of hydrogen-bond donors (Lipinski definition) is 3. The number of para-hydroxylation sites is 2. The van der Waals surface area contributed by atoms with Crippen LogP contribution in [0.25, 0.3) is 0 Å². The molecule has 1 aromatic heterocycles. The van der Waals surface area contributed by atoms with E-state index in [1.165, 1.54) is 25.4 Å². The number of rotatable bonds is 3. The zero-order chi connectivity index (χ0) is 14.5. The van der Waals surface area contributed by atoms with Crippen LogP contribution in [0.5, 0.6) is 0 Å². The summed E-state index contributed by atoms with van der Waals surface area (Å²) >= 11 is 0. The minimum atomic E-state index is -0.334. The van der Waals surface area contributed by atoms with Crippen molar-refractivity contribution in [2.45, 2.75) is 0 Å². The van der Waals surface area contributed by atoms with Gasteiger partial charge in [-0.15, -0.1) is 0 Å². The molecule has 0 bridgehead atoms. The third kappa shape index (κ3) is 2.92. The molecule has 0 spiro atoms. The number of nitrogens with one attached hydrogen (secondary N) is 2. The van der Waals surface area contributed by atoms with Gasteiger partial charge in [0.2, 0.25) is 0 Å². The molecule has 0 radical (unpaired) electrons. The van der Waals surface area contributed by atoms with Crippen molar-refractivity contribution in [1.82, 2.24) is 10.3 Å². The average molecular weight is 270 g/mol. The van der Waals surface area contributed by atoms with Gasteiger partial charge in [-0.2, -0.15) is 0 Å². The highest BCUT2D eigenvalue weighted by atomic mass is 16.2. The Balaban J connectivity index is 2.14. The molecule has 0 unspecified atom stereocenters. The van der Waals surface area contributed by atoms with Gasteiger partial charge in [0.05, 0.1) is 16.9 Å². The van der Waals surface area contributed by atoms with Crippen molar-refractivity contribution in [3.8, 4) is 0 Å². The van der Waals surface area contributed by atoms with Gasteiger partial charge in [-0.3, -0.25) is 14.6 Å². The van der Waals surface area contributed by atoms with E-state index in [2.05, 4.69) is 15.6 Å². The second kappa shape index (κ2) is 5.83. The minimum Gasteiger partial charge on any atom is -0.397 e. The van der Waals surface area contributed by atoms with Gasteiger partial charge in [0.25, 0.3) is 11.8 Å². The van der Waals surface area contributed by atoms with Crippen LogP contribution in [-0.2, 0) is 0 Å². The molecule has 0 aliphatic heterocycles. The summed E-state index contributed by atoms with van der Waals surface area (Å²) in [7, 11) is 1.52. The zero-order valence-corrected chi connectivity index (χ0v) is 10.9. The van der Waals surface area contributed by atoms with E-state index in [-0.39, 0.29) is 17.5 Å². The van der Waals surface area contributed by atoms with Crippen molar-refractivity contribution in [1.29, 1.82) is 0 Å². The number of benzene rings is 1. The van der Waals surface area contributed by atoms with Crippen molar-refractivity contribution in [3.63, 3.8) is 0 Å². The van der Waals surface area contributed by atoms with E-state index in [0.29, 0.717) is 16.9 Å². The average Bonchev–Trinajstić information content (AvgIpc) is 2.49. The Morgan fingerprint density at radius 2 is 1.85 bits per heavy atom. The highest BCUT2D eigenvalue weighted by molar-refractivity contribution is 6.05. The fourth-order valence-electron chi connectivity index (χ4n) is 1.60. The number of anilines is 2. The summed E-state index contributed by atoms with van der Waals surface area (Å²) in [6.07, 6.45) is 1.35. The van der Waals surface area contributed by atoms with Gasteiger partial charge in [0.15, 0.2) is 0 Å². The summed E-state index contributed by atoms with van der Waals surface area (Å²) < 4.78 is 0. The lowest BCUT2D eigenvalue weighted by molar-refractivity contribution is 0.0955. The Hall–Kier alpha value is -2.89. The van der Waals surface area contributed by atoms with Crippen molar-refractivity contribution < 1.29 is 9.59 Å². The topological polar surface area (TPSA) is 97.1 Å². The molecule has 6 nitrogen and oxygen atoms in total. The molecule has 1 aromatic carbocycles. The molecule has 1 heterocycles. The third-order valence-corrected chi connectivity index (χ3v) is 2.69. The van der Waals surface area contributed by atoms with Gasteiger partial charge in [0.1, 0.15) is 5.69 Å². The lowest BCUT2D eigenvalue weighted by Crippen LogP contribution is -2.20. The third-order valence-electron chi connectivity index (χ3n) is 2.69. The van der Waals surface area contributed by atoms with E-state index in [0.717, 1.165) is 0 Å². The van der Waals surface area contributed by atoms with Gasteiger partial charge < -0.3 is 16.4 Å². The fraction of sp³-hybridized carbons (Fsp3) is 0.0714. The standard InChI is InChI=1S/C14H14N4O2/c1-16-14(20)12-7-6-9(8-17-12)13(19)18-11-5-3-2-4-10(11)15/h2-8H,15H2,1H3,(H,16,20)(H,18,19). The lowest BCUT2D eigenvalue weighted by atomic mass is 10.2. The van der Waals surface area contributed by atoms with E-state index >= 15 is 0 Å². The Labute approximate surface area is 116 Å². The molecule has 2 aromatic rings. The number of aromatic nitrogens is 1. The maximum Gasteiger partial charge on any atom is 0.269 e. The first-order valence-electron chi connectivity index (χ1n) is 5.96. The van der Waals surface area contributed by atoms with Gasteiger partial charge in [0, 0.05) is 13.2 Å². The quantitative estimate of drug-likeness (QED) is 0.732. The predicted octanol–water partition coefficient (Wildman–Crippen LogP) is 1.28. The largest absolute Gasteiger partial charge is 0.397 e. The van der Waals surface area contributed by atoms with Crippen LogP contribution in [0, 0.1) is 0 Å². The monoisotopic (exact) mass is 270 g/mol. The first-order chi connectivity index (χ1) is 9.61. The van der Waals surface area contributed by atoms with Gasteiger partial charge >= 0.3 is 0 Å². The number of carbonyl (C=O) groups is 2. The summed E-state index contributed by atoms with van der Waals surface area (Å²) in [6.45, 7) is 0. The second-order valence-electron chi connectivity index (χ2n) is 4.05. The van der Waals surface area contributed by atoms with E-state index in [1.807, 2.05) is 0 Å². The summed E-state index contributed by atoms with van der Waals surface area (Å²) in [4.78, 5) is 27.3. The number of nitrogens with zero attached hydrogens (tertiary/aromatic N) is 1. The summed E-state index contributed by atoms with van der Waals surface area (Å²) in [6, 6.07) is 9.99. The fourth-order valence-corrected chi connectivity index (χ4v) is 1.60.